The summed E-state index contributed by atoms with van der Waals surface area (Å²) in [6.45, 7) is 1.97. The molecule has 0 unspecified atom stereocenters. The summed E-state index contributed by atoms with van der Waals surface area (Å²) >= 11 is 0. The Morgan fingerprint density at radius 3 is 2.71 bits per heavy atom. The molecule has 3 aromatic rings. The van der Waals surface area contributed by atoms with E-state index in [4.69, 9.17) is 0 Å². The lowest BCUT2D eigenvalue weighted by Gasteiger charge is -2.05. The molecule has 17 heavy (non-hydrogen) atoms. The summed E-state index contributed by atoms with van der Waals surface area (Å²) in [5, 5.41) is 1.12. The minimum Gasteiger partial charge on any atom is -0.256 e. The van der Waals surface area contributed by atoms with Crippen LogP contribution in [0.15, 0.2) is 48.9 Å². The Hall–Kier alpha value is -2.29. The van der Waals surface area contributed by atoms with Crippen LogP contribution in [0.3, 0.4) is 0 Å². The number of para-hydroxylation sites is 1. The number of aromatic nitrogens is 3. The quantitative estimate of drug-likeness (QED) is 0.634. The molecule has 0 saturated heterocycles. The van der Waals surface area contributed by atoms with E-state index in [1.165, 1.54) is 0 Å². The number of aryl methyl sites for hydroxylation is 1. The summed E-state index contributed by atoms with van der Waals surface area (Å²) in [6, 6.07) is 12.1. The highest BCUT2D eigenvalue weighted by atomic mass is 14.8. The van der Waals surface area contributed by atoms with Crippen molar-refractivity contribution in [2.45, 2.75) is 6.92 Å². The maximum Gasteiger partial charge on any atom is 0.116 e. The largest absolute Gasteiger partial charge is 0.256 e. The molecule has 1 aromatic carbocycles. The molecule has 0 aliphatic carbocycles. The van der Waals surface area contributed by atoms with Gasteiger partial charge in [0.1, 0.15) is 6.33 Å². The van der Waals surface area contributed by atoms with Crippen LogP contribution < -0.4 is 0 Å². The second-order valence-corrected chi connectivity index (χ2v) is 3.92. The molecule has 0 bridgehead atoms. The van der Waals surface area contributed by atoms with Crippen molar-refractivity contribution in [3.8, 4) is 11.3 Å². The topological polar surface area (TPSA) is 38.7 Å². The van der Waals surface area contributed by atoms with E-state index in [2.05, 4.69) is 21.0 Å². The first-order valence-electron chi connectivity index (χ1n) is 5.47. The van der Waals surface area contributed by atoms with Gasteiger partial charge in [-0.3, -0.25) is 4.98 Å². The Morgan fingerprint density at radius 2 is 1.82 bits per heavy atom. The van der Waals surface area contributed by atoms with Crippen molar-refractivity contribution in [1.82, 2.24) is 15.0 Å². The van der Waals surface area contributed by atoms with E-state index in [0.717, 1.165) is 27.9 Å². The van der Waals surface area contributed by atoms with Gasteiger partial charge < -0.3 is 0 Å². The number of rotatable bonds is 1. The lowest BCUT2D eigenvalue weighted by molar-refractivity contribution is 1.11. The molecule has 3 heteroatoms. The molecule has 0 fully saturated rings. The predicted octanol–water partition coefficient (Wildman–Crippen LogP) is 3.00. The summed E-state index contributed by atoms with van der Waals surface area (Å²) in [6.07, 6.45) is 3.41. The third-order valence-electron chi connectivity index (χ3n) is 2.73. The Morgan fingerprint density at radius 1 is 0.941 bits per heavy atom. The molecule has 2 aromatic heterocycles. The molecule has 0 atom stereocenters. The summed E-state index contributed by atoms with van der Waals surface area (Å²) in [7, 11) is 0. The van der Waals surface area contributed by atoms with Gasteiger partial charge in [-0.2, -0.15) is 0 Å². The van der Waals surface area contributed by atoms with Crippen molar-refractivity contribution in [3.63, 3.8) is 0 Å². The van der Waals surface area contributed by atoms with E-state index < -0.39 is 0 Å². The van der Waals surface area contributed by atoms with Gasteiger partial charge in [0.2, 0.25) is 0 Å². The number of hydrogen-bond donors (Lipinski definition) is 0. The maximum absolute atomic E-state index is 4.35. The first-order chi connectivity index (χ1) is 8.34. The minimum absolute atomic E-state index is 0.941. The number of hydrogen-bond acceptors (Lipinski definition) is 3. The third-order valence-corrected chi connectivity index (χ3v) is 2.73. The zero-order valence-electron chi connectivity index (χ0n) is 9.46. The molecule has 0 amide bonds. The van der Waals surface area contributed by atoms with Crippen molar-refractivity contribution in [1.29, 1.82) is 0 Å². The number of fused-ring (bicyclic) bond motifs is 1. The third kappa shape index (κ3) is 1.76. The van der Waals surface area contributed by atoms with E-state index in [0.29, 0.717) is 0 Å². The van der Waals surface area contributed by atoms with E-state index in [1.807, 2.05) is 43.5 Å². The SMILES string of the molecule is Cc1cc(-c2ccnc3ccccc23)ncn1. The maximum atomic E-state index is 4.35. The Bertz CT molecular complexity index is 672. The monoisotopic (exact) mass is 221 g/mol. The van der Waals surface area contributed by atoms with E-state index in [-0.39, 0.29) is 0 Å². The predicted molar refractivity (Wildman–Crippen MR) is 67.5 cm³/mol. The van der Waals surface area contributed by atoms with Crippen LogP contribution in [0.2, 0.25) is 0 Å². The molecule has 3 nitrogen and oxygen atoms in total. The van der Waals surface area contributed by atoms with E-state index >= 15 is 0 Å². The van der Waals surface area contributed by atoms with Crippen LogP contribution >= 0.6 is 0 Å². The molecule has 0 N–H and O–H groups in total. The minimum atomic E-state index is 0.941. The van der Waals surface area contributed by atoms with Crippen LogP contribution in [0.4, 0.5) is 0 Å². The Kier molecular flexibility index (Phi) is 2.29. The fourth-order valence-corrected chi connectivity index (χ4v) is 1.92. The Labute approximate surface area is 99.2 Å². The highest BCUT2D eigenvalue weighted by Crippen LogP contribution is 2.25. The van der Waals surface area contributed by atoms with Crippen molar-refractivity contribution in [2.75, 3.05) is 0 Å². The number of nitrogens with zero attached hydrogens (tertiary/aromatic N) is 3. The van der Waals surface area contributed by atoms with Gasteiger partial charge in [-0.25, -0.2) is 9.97 Å². The summed E-state index contributed by atoms with van der Waals surface area (Å²) < 4.78 is 0. The van der Waals surface area contributed by atoms with E-state index in [9.17, 15) is 0 Å². The molecule has 0 radical (unpaired) electrons. The van der Waals surface area contributed by atoms with Crippen LogP contribution in [0.25, 0.3) is 22.2 Å². The second-order valence-electron chi connectivity index (χ2n) is 3.92. The van der Waals surface area contributed by atoms with Crippen molar-refractivity contribution in [3.05, 3.63) is 54.6 Å². The summed E-state index contributed by atoms with van der Waals surface area (Å²) in [5.41, 5.74) is 3.99. The second kappa shape index (κ2) is 3.94. The van der Waals surface area contributed by atoms with Crippen molar-refractivity contribution >= 4 is 10.9 Å². The van der Waals surface area contributed by atoms with Crippen LogP contribution in [-0.2, 0) is 0 Å². The fraction of sp³-hybridized carbons (Fsp3) is 0.0714. The standard InChI is InChI=1S/C14H11N3/c1-10-8-14(17-9-16-10)12-6-7-15-13-5-3-2-4-11(12)13/h2-9H,1H3. The van der Waals surface area contributed by atoms with Crippen LogP contribution in [-0.4, -0.2) is 15.0 Å². The van der Waals surface area contributed by atoms with E-state index in [1.54, 1.807) is 6.33 Å². The summed E-state index contributed by atoms with van der Waals surface area (Å²) in [4.78, 5) is 12.8. The molecule has 0 aliphatic rings. The molecule has 3 rings (SSSR count). The average Bonchev–Trinajstić information content (AvgIpc) is 2.38. The lowest BCUT2D eigenvalue weighted by atomic mass is 10.1. The highest BCUT2D eigenvalue weighted by Gasteiger charge is 2.05. The van der Waals surface area contributed by atoms with Gasteiger partial charge in [0, 0.05) is 22.8 Å². The first-order valence-corrected chi connectivity index (χ1v) is 5.47. The smallest absolute Gasteiger partial charge is 0.116 e. The van der Waals surface area contributed by atoms with Crippen molar-refractivity contribution in [2.24, 2.45) is 0 Å². The molecule has 82 valence electrons. The van der Waals surface area contributed by atoms with Gasteiger partial charge >= 0.3 is 0 Å². The van der Waals surface area contributed by atoms with Gasteiger partial charge in [-0.05, 0) is 25.1 Å². The molecule has 0 saturated carbocycles. The lowest BCUT2D eigenvalue weighted by Crippen LogP contribution is -1.90. The molecule has 0 aliphatic heterocycles. The molecule has 2 heterocycles. The average molecular weight is 221 g/mol. The van der Waals surface area contributed by atoms with Gasteiger partial charge in [0.15, 0.2) is 0 Å². The summed E-state index contributed by atoms with van der Waals surface area (Å²) in [5.74, 6) is 0. The van der Waals surface area contributed by atoms with Gasteiger partial charge in [0.05, 0.1) is 11.2 Å². The van der Waals surface area contributed by atoms with Gasteiger partial charge in [-0.15, -0.1) is 0 Å². The van der Waals surface area contributed by atoms with Gasteiger partial charge in [-0.1, -0.05) is 18.2 Å². The zero-order chi connectivity index (χ0) is 11.7. The van der Waals surface area contributed by atoms with Crippen LogP contribution in [0.5, 0.6) is 0 Å². The zero-order valence-corrected chi connectivity index (χ0v) is 9.46. The normalized spacial score (nSPS) is 10.6. The molecular formula is C14H11N3. The van der Waals surface area contributed by atoms with Gasteiger partial charge in [0.25, 0.3) is 0 Å². The highest BCUT2D eigenvalue weighted by molar-refractivity contribution is 5.93. The van der Waals surface area contributed by atoms with Crippen LogP contribution in [0, 0.1) is 6.92 Å². The number of pyridine rings is 1. The van der Waals surface area contributed by atoms with Crippen LogP contribution in [0.1, 0.15) is 5.69 Å². The first kappa shape index (κ1) is 9.90. The fourth-order valence-electron chi connectivity index (χ4n) is 1.92. The number of benzene rings is 1. The Balaban J connectivity index is 2.30. The molecule has 0 spiro atoms. The molecular weight excluding hydrogens is 210 g/mol. The van der Waals surface area contributed by atoms with Crippen molar-refractivity contribution < 1.29 is 0 Å².